The Kier molecular flexibility index (Phi) is 10.8. The van der Waals surface area contributed by atoms with E-state index in [1.54, 1.807) is 19.2 Å². The number of halogens is 1. The van der Waals surface area contributed by atoms with Gasteiger partial charge >= 0.3 is 0 Å². The average molecular weight is 615 g/mol. The third kappa shape index (κ3) is 8.10. The summed E-state index contributed by atoms with van der Waals surface area (Å²) in [7, 11) is 1.63. The van der Waals surface area contributed by atoms with E-state index in [1.165, 1.54) is 11.6 Å². The lowest BCUT2D eigenvalue weighted by Gasteiger charge is -2.35. The van der Waals surface area contributed by atoms with Gasteiger partial charge in [0.1, 0.15) is 11.5 Å². The number of hydrogen-bond donors (Lipinski definition) is 1. The molecule has 6 nitrogen and oxygen atoms in total. The summed E-state index contributed by atoms with van der Waals surface area (Å²) in [5.74, 6) is 2.44. The summed E-state index contributed by atoms with van der Waals surface area (Å²) in [6.07, 6.45) is 10.6. The number of benzene rings is 3. The third-order valence-electron chi connectivity index (χ3n) is 8.99. The molecule has 232 valence electrons. The number of nitrogens with one attached hydrogen (secondary N) is 1. The van der Waals surface area contributed by atoms with Crippen molar-refractivity contribution in [3.8, 4) is 11.5 Å². The molecule has 1 heterocycles. The Morgan fingerprint density at radius 2 is 1.68 bits per heavy atom. The van der Waals surface area contributed by atoms with E-state index in [2.05, 4.69) is 35.5 Å². The Morgan fingerprint density at radius 3 is 2.41 bits per heavy atom. The first kappa shape index (κ1) is 31.8. The minimum absolute atomic E-state index is 0.0666. The zero-order valence-corrected chi connectivity index (χ0v) is 26.7. The van der Waals surface area contributed by atoms with Gasteiger partial charge in [-0.15, -0.1) is 0 Å². The molecule has 44 heavy (non-hydrogen) atoms. The fraction of sp³-hybridized carbons (Fsp3) is 0.405. The standard InChI is InChI=1S/C37H43ClN2O4/c1-25-7-8-29-11-18-34(37(42)39-19-20-43-3)26(2)35(29)24-40(25)23-28-6-4-5-27(21-28)22-36(41)30-9-14-32(15-10-30)44-33-16-12-31(38)13-17-33/h8-18,24-25,27-28H,4-7,19-23H2,1-3H3,(H,39,42). The van der Waals surface area contributed by atoms with Crippen LogP contribution in [0.3, 0.4) is 0 Å². The molecule has 0 aromatic heterocycles. The van der Waals surface area contributed by atoms with Crippen LogP contribution in [0.15, 0.2) is 60.7 Å². The fourth-order valence-corrected chi connectivity index (χ4v) is 6.57. The number of methoxy groups -OCH3 is 1. The molecule has 1 aliphatic carbocycles. The minimum atomic E-state index is -0.0666. The van der Waals surface area contributed by atoms with Gasteiger partial charge in [-0.25, -0.2) is 0 Å². The van der Waals surface area contributed by atoms with Crippen LogP contribution in [-0.2, 0) is 4.74 Å². The summed E-state index contributed by atoms with van der Waals surface area (Å²) in [6, 6.07) is 19.0. The topological polar surface area (TPSA) is 67.9 Å². The predicted octanol–water partition coefficient (Wildman–Crippen LogP) is 6.51. The fourth-order valence-electron chi connectivity index (χ4n) is 6.44. The van der Waals surface area contributed by atoms with Crippen LogP contribution < -0.4 is 20.5 Å². The molecular weight excluding hydrogens is 572 g/mol. The predicted molar refractivity (Wildman–Crippen MR) is 177 cm³/mol. The van der Waals surface area contributed by atoms with E-state index in [0.717, 1.165) is 48.6 Å². The molecule has 0 saturated heterocycles. The molecule has 0 bridgehead atoms. The Hall–Kier alpha value is -3.61. The molecule has 3 aromatic rings. The van der Waals surface area contributed by atoms with Crippen molar-refractivity contribution >= 4 is 35.6 Å². The van der Waals surface area contributed by atoms with E-state index >= 15 is 0 Å². The van der Waals surface area contributed by atoms with Crippen LogP contribution in [0.2, 0.25) is 5.02 Å². The molecular formula is C37H43ClN2O4. The highest BCUT2D eigenvalue weighted by atomic mass is 35.5. The van der Waals surface area contributed by atoms with Crippen LogP contribution in [0.1, 0.15) is 71.7 Å². The van der Waals surface area contributed by atoms with Gasteiger partial charge in [-0.05, 0) is 117 Å². The number of carbonyl (C=O) groups is 2. The Labute approximate surface area is 265 Å². The number of ether oxygens (including phenoxy) is 2. The Balaban J connectivity index is 1.21. The normalized spacial score (nSPS) is 19.6. The summed E-state index contributed by atoms with van der Waals surface area (Å²) in [5.41, 5.74) is 2.44. The van der Waals surface area contributed by atoms with Crippen molar-refractivity contribution in [3.05, 3.63) is 92.8 Å². The van der Waals surface area contributed by atoms with Crippen LogP contribution in [0.5, 0.6) is 11.5 Å². The largest absolute Gasteiger partial charge is 0.457 e. The van der Waals surface area contributed by atoms with E-state index in [4.69, 9.17) is 21.1 Å². The van der Waals surface area contributed by atoms with Crippen molar-refractivity contribution in [2.75, 3.05) is 26.8 Å². The van der Waals surface area contributed by atoms with Crippen molar-refractivity contribution in [3.63, 3.8) is 0 Å². The lowest BCUT2D eigenvalue weighted by molar-refractivity contribution is 0.0926. The molecule has 0 radical (unpaired) electrons. The number of Topliss-reactive ketones (excluding diaryl/α,β-unsaturated/α-hetero) is 1. The first-order valence-electron chi connectivity index (χ1n) is 15.7. The average Bonchev–Trinajstić information content (AvgIpc) is 3.18. The van der Waals surface area contributed by atoms with Crippen LogP contribution >= 0.6 is 11.6 Å². The molecule has 1 fully saturated rings. The van der Waals surface area contributed by atoms with Gasteiger partial charge in [0.15, 0.2) is 5.78 Å². The van der Waals surface area contributed by atoms with Crippen molar-refractivity contribution in [2.45, 2.75) is 58.4 Å². The molecule has 0 spiro atoms. The van der Waals surface area contributed by atoms with E-state index in [0.29, 0.717) is 59.5 Å². The molecule has 2 aliphatic rings. The summed E-state index contributed by atoms with van der Waals surface area (Å²) >= 11 is 5.96. The number of carbonyl (C=O) groups excluding carboxylic acids is 2. The lowest BCUT2D eigenvalue weighted by Crippen LogP contribution is -2.37. The van der Waals surface area contributed by atoms with Gasteiger partial charge in [0, 0.05) is 60.2 Å². The summed E-state index contributed by atoms with van der Waals surface area (Å²) in [5, 5.41) is 5.93. The van der Waals surface area contributed by atoms with E-state index in [9.17, 15) is 9.59 Å². The molecule has 1 N–H and O–H groups in total. The molecule has 3 atom stereocenters. The quantitative estimate of drug-likeness (QED) is 0.197. The van der Waals surface area contributed by atoms with Gasteiger partial charge in [-0.2, -0.15) is 0 Å². The third-order valence-corrected chi connectivity index (χ3v) is 9.24. The zero-order valence-electron chi connectivity index (χ0n) is 26.0. The second kappa shape index (κ2) is 14.9. The monoisotopic (exact) mass is 614 g/mol. The highest BCUT2D eigenvalue weighted by Gasteiger charge is 2.27. The Bertz CT molecular complexity index is 1570. The molecule has 1 amide bonds. The minimum Gasteiger partial charge on any atom is -0.457 e. The van der Waals surface area contributed by atoms with E-state index in [-0.39, 0.29) is 11.7 Å². The summed E-state index contributed by atoms with van der Waals surface area (Å²) in [6.45, 7) is 6.25. The van der Waals surface area contributed by atoms with Gasteiger partial charge in [0.2, 0.25) is 0 Å². The maximum Gasteiger partial charge on any atom is 0.251 e. The molecule has 3 aromatic carbocycles. The van der Waals surface area contributed by atoms with Crippen LogP contribution in [0.4, 0.5) is 0 Å². The van der Waals surface area contributed by atoms with Crippen LogP contribution in [0, 0.1) is 18.8 Å². The van der Waals surface area contributed by atoms with Gasteiger partial charge in [-0.1, -0.05) is 30.2 Å². The first-order valence-corrected chi connectivity index (χ1v) is 16.1. The van der Waals surface area contributed by atoms with Crippen molar-refractivity contribution in [1.29, 1.82) is 0 Å². The smallest absolute Gasteiger partial charge is 0.251 e. The van der Waals surface area contributed by atoms with E-state index < -0.39 is 0 Å². The molecule has 7 heteroatoms. The highest BCUT2D eigenvalue weighted by Crippen LogP contribution is 2.33. The van der Waals surface area contributed by atoms with Gasteiger partial charge in [-0.3, -0.25) is 9.59 Å². The first-order chi connectivity index (χ1) is 21.3. The van der Waals surface area contributed by atoms with Crippen molar-refractivity contribution < 1.29 is 19.1 Å². The number of nitrogens with zero attached hydrogens (tertiary/aromatic N) is 1. The SMILES string of the molecule is COCCNC(=O)c1ccc2c(c1C)=CN(CC1CCCC(CC(=O)c3ccc(Oc4ccc(Cl)cc4)cc3)C1)C(C)CC=2. The second-order valence-electron chi connectivity index (χ2n) is 12.2. The van der Waals surface area contributed by atoms with Crippen LogP contribution in [-0.4, -0.2) is 49.4 Å². The number of rotatable bonds is 11. The van der Waals surface area contributed by atoms with Crippen molar-refractivity contribution in [2.24, 2.45) is 11.8 Å². The number of fused-ring (bicyclic) bond motifs is 1. The van der Waals surface area contributed by atoms with Gasteiger partial charge in [0.05, 0.1) is 6.61 Å². The van der Waals surface area contributed by atoms with Crippen LogP contribution in [0.25, 0.3) is 12.3 Å². The molecule has 3 unspecified atom stereocenters. The summed E-state index contributed by atoms with van der Waals surface area (Å²) < 4.78 is 11.0. The lowest BCUT2D eigenvalue weighted by atomic mass is 9.78. The van der Waals surface area contributed by atoms with E-state index in [1.807, 2.05) is 49.4 Å². The van der Waals surface area contributed by atoms with Crippen molar-refractivity contribution in [1.82, 2.24) is 10.2 Å². The molecule has 5 rings (SSSR count). The zero-order chi connectivity index (χ0) is 31.1. The molecule has 1 saturated carbocycles. The maximum atomic E-state index is 13.2. The highest BCUT2D eigenvalue weighted by molar-refractivity contribution is 6.30. The number of amides is 1. The number of ketones is 1. The molecule has 1 aliphatic heterocycles. The Morgan fingerprint density at radius 1 is 0.977 bits per heavy atom. The number of hydrogen-bond acceptors (Lipinski definition) is 5. The summed E-state index contributed by atoms with van der Waals surface area (Å²) in [4.78, 5) is 28.6. The maximum absolute atomic E-state index is 13.2. The second-order valence-corrected chi connectivity index (χ2v) is 12.6. The van der Waals surface area contributed by atoms with Gasteiger partial charge in [0.25, 0.3) is 5.91 Å². The van der Waals surface area contributed by atoms with Gasteiger partial charge < -0.3 is 19.7 Å².